The summed E-state index contributed by atoms with van der Waals surface area (Å²) in [6.07, 6.45) is 2.30. The van der Waals surface area contributed by atoms with Crippen LogP contribution in [0.3, 0.4) is 0 Å². The van der Waals surface area contributed by atoms with Crippen molar-refractivity contribution in [2.75, 3.05) is 40.3 Å². The van der Waals surface area contributed by atoms with Crippen molar-refractivity contribution in [2.45, 2.75) is 12.8 Å². The molecular weight excluding hydrogens is 271 g/mol. The zero-order valence-electron chi connectivity index (χ0n) is 12.7. The molecule has 1 saturated heterocycles. The minimum atomic E-state index is -0.491. The molecule has 1 atom stereocenters. The first-order chi connectivity index (χ1) is 10.1. The molecule has 1 aliphatic rings. The summed E-state index contributed by atoms with van der Waals surface area (Å²) in [5, 5.41) is 3.19. The van der Waals surface area contributed by atoms with Gasteiger partial charge in [-0.05, 0) is 57.1 Å². The minimum Gasteiger partial charge on any atom is -0.494 e. The van der Waals surface area contributed by atoms with Gasteiger partial charge < -0.3 is 10.1 Å². The molecule has 5 heteroatoms. The van der Waals surface area contributed by atoms with Gasteiger partial charge in [0.2, 0.25) is 0 Å². The zero-order chi connectivity index (χ0) is 15.2. The second kappa shape index (κ2) is 7.52. The van der Waals surface area contributed by atoms with Crippen LogP contribution in [0.15, 0.2) is 18.2 Å². The standard InChI is InChI=1S/C16H23FN2O2/c1-18-9-12-4-3-7-19(10-12)11-15(20)13-5-6-16(21-2)14(17)8-13/h5-6,8,12,18H,3-4,7,9-11H2,1-2H3. The zero-order valence-corrected chi connectivity index (χ0v) is 12.7. The number of nitrogens with zero attached hydrogens (tertiary/aromatic N) is 1. The Morgan fingerprint density at radius 3 is 3.00 bits per heavy atom. The number of benzene rings is 1. The highest BCUT2D eigenvalue weighted by Gasteiger charge is 2.21. The maximum Gasteiger partial charge on any atom is 0.176 e. The van der Waals surface area contributed by atoms with Crippen molar-refractivity contribution in [1.82, 2.24) is 10.2 Å². The van der Waals surface area contributed by atoms with Gasteiger partial charge >= 0.3 is 0 Å². The van der Waals surface area contributed by atoms with Gasteiger partial charge in [-0.3, -0.25) is 9.69 Å². The molecule has 1 aromatic rings. The summed E-state index contributed by atoms with van der Waals surface area (Å²) in [4.78, 5) is 14.4. The molecular formula is C16H23FN2O2. The number of hydrogen-bond acceptors (Lipinski definition) is 4. The van der Waals surface area contributed by atoms with E-state index in [9.17, 15) is 9.18 Å². The third-order valence-electron chi connectivity index (χ3n) is 3.94. The topological polar surface area (TPSA) is 41.6 Å². The molecule has 0 aromatic heterocycles. The lowest BCUT2D eigenvalue weighted by molar-refractivity contribution is 0.0886. The molecule has 0 radical (unpaired) electrons. The first-order valence-electron chi connectivity index (χ1n) is 7.37. The number of ketones is 1. The van der Waals surface area contributed by atoms with E-state index in [-0.39, 0.29) is 11.5 Å². The number of piperidine rings is 1. The summed E-state index contributed by atoms with van der Waals surface area (Å²) in [5.41, 5.74) is 0.407. The Morgan fingerprint density at radius 2 is 2.33 bits per heavy atom. The first kappa shape index (κ1) is 15.9. The van der Waals surface area contributed by atoms with E-state index in [4.69, 9.17) is 4.74 Å². The van der Waals surface area contributed by atoms with Crippen LogP contribution in [0, 0.1) is 11.7 Å². The third-order valence-corrected chi connectivity index (χ3v) is 3.94. The van der Waals surface area contributed by atoms with Gasteiger partial charge in [-0.1, -0.05) is 0 Å². The Bertz CT molecular complexity index is 491. The number of carbonyl (C=O) groups excluding carboxylic acids is 1. The number of rotatable bonds is 6. The fraction of sp³-hybridized carbons (Fsp3) is 0.562. The first-order valence-corrected chi connectivity index (χ1v) is 7.37. The highest BCUT2D eigenvalue weighted by molar-refractivity contribution is 5.97. The molecule has 1 aromatic carbocycles. The van der Waals surface area contributed by atoms with Crippen LogP contribution in [0.1, 0.15) is 23.2 Å². The van der Waals surface area contributed by atoms with Crippen LogP contribution in [-0.4, -0.2) is 51.0 Å². The van der Waals surface area contributed by atoms with Crippen LogP contribution in [0.25, 0.3) is 0 Å². The number of carbonyl (C=O) groups is 1. The van der Waals surface area contributed by atoms with E-state index in [2.05, 4.69) is 10.2 Å². The van der Waals surface area contributed by atoms with Crippen LogP contribution in [0.5, 0.6) is 5.75 Å². The SMILES string of the molecule is CNCC1CCCN(CC(=O)c2ccc(OC)c(F)c2)C1. The predicted molar refractivity (Wildman–Crippen MR) is 80.4 cm³/mol. The lowest BCUT2D eigenvalue weighted by Crippen LogP contribution is -2.41. The lowest BCUT2D eigenvalue weighted by Gasteiger charge is -2.32. The molecule has 0 aliphatic carbocycles. The second-order valence-corrected chi connectivity index (χ2v) is 5.57. The highest BCUT2D eigenvalue weighted by atomic mass is 19.1. The maximum absolute atomic E-state index is 13.7. The molecule has 21 heavy (non-hydrogen) atoms. The number of nitrogens with one attached hydrogen (secondary N) is 1. The molecule has 1 unspecified atom stereocenters. The Hall–Kier alpha value is -1.46. The molecule has 0 bridgehead atoms. The molecule has 0 spiro atoms. The summed E-state index contributed by atoms with van der Waals surface area (Å²) >= 11 is 0. The second-order valence-electron chi connectivity index (χ2n) is 5.57. The summed E-state index contributed by atoms with van der Waals surface area (Å²) in [6.45, 7) is 3.18. The molecule has 1 fully saturated rings. The van der Waals surface area contributed by atoms with Crippen LogP contribution in [0.2, 0.25) is 0 Å². The minimum absolute atomic E-state index is 0.0401. The van der Waals surface area contributed by atoms with Crippen molar-refractivity contribution in [1.29, 1.82) is 0 Å². The van der Waals surface area contributed by atoms with Crippen LogP contribution in [0.4, 0.5) is 4.39 Å². The molecule has 0 saturated carbocycles. The fourth-order valence-electron chi connectivity index (χ4n) is 2.88. The van der Waals surface area contributed by atoms with Gasteiger partial charge in [-0.15, -0.1) is 0 Å². The van der Waals surface area contributed by atoms with Crippen LogP contribution >= 0.6 is 0 Å². The highest BCUT2D eigenvalue weighted by Crippen LogP contribution is 2.19. The molecule has 1 heterocycles. The summed E-state index contributed by atoms with van der Waals surface area (Å²) < 4.78 is 18.5. The van der Waals surface area contributed by atoms with Crippen molar-refractivity contribution in [3.63, 3.8) is 0 Å². The van der Waals surface area contributed by atoms with Gasteiger partial charge in [-0.2, -0.15) is 0 Å². The van der Waals surface area contributed by atoms with E-state index in [1.807, 2.05) is 7.05 Å². The largest absolute Gasteiger partial charge is 0.494 e. The normalized spacial score (nSPS) is 19.5. The van der Waals surface area contributed by atoms with Gasteiger partial charge in [0.05, 0.1) is 13.7 Å². The van der Waals surface area contributed by atoms with Crippen molar-refractivity contribution < 1.29 is 13.9 Å². The number of Topliss-reactive ketones (excluding diaryl/α,β-unsaturated/α-hetero) is 1. The van der Waals surface area contributed by atoms with Gasteiger partial charge in [0.15, 0.2) is 17.3 Å². The number of ether oxygens (including phenoxy) is 1. The van der Waals surface area contributed by atoms with Gasteiger partial charge in [0, 0.05) is 12.1 Å². The Balaban J connectivity index is 1.96. The maximum atomic E-state index is 13.7. The van der Waals surface area contributed by atoms with E-state index in [0.717, 1.165) is 26.1 Å². The quantitative estimate of drug-likeness (QED) is 0.814. The Labute approximate surface area is 125 Å². The third kappa shape index (κ3) is 4.25. The van der Waals surface area contributed by atoms with Crippen LogP contribution in [-0.2, 0) is 0 Å². The van der Waals surface area contributed by atoms with Gasteiger partial charge in [0.25, 0.3) is 0 Å². The monoisotopic (exact) mass is 294 g/mol. The Kier molecular flexibility index (Phi) is 5.70. The van der Waals surface area contributed by atoms with Crippen molar-refractivity contribution in [3.8, 4) is 5.75 Å². The van der Waals surface area contributed by atoms with Crippen LogP contribution < -0.4 is 10.1 Å². The number of halogens is 1. The van der Waals surface area contributed by atoms with Crippen molar-refractivity contribution in [3.05, 3.63) is 29.6 Å². The van der Waals surface area contributed by atoms with E-state index in [0.29, 0.717) is 18.0 Å². The summed E-state index contributed by atoms with van der Waals surface area (Å²) in [6, 6.07) is 4.39. The van der Waals surface area contributed by atoms with Gasteiger partial charge in [-0.25, -0.2) is 4.39 Å². The smallest absolute Gasteiger partial charge is 0.176 e. The van der Waals surface area contributed by atoms with E-state index < -0.39 is 5.82 Å². The average Bonchev–Trinajstić information content (AvgIpc) is 2.48. The Morgan fingerprint density at radius 1 is 1.52 bits per heavy atom. The molecule has 4 nitrogen and oxygen atoms in total. The van der Waals surface area contributed by atoms with Gasteiger partial charge in [0.1, 0.15) is 0 Å². The number of hydrogen-bond donors (Lipinski definition) is 1. The average molecular weight is 294 g/mol. The lowest BCUT2D eigenvalue weighted by atomic mass is 9.97. The predicted octanol–water partition coefficient (Wildman–Crippen LogP) is 1.95. The fourth-order valence-corrected chi connectivity index (χ4v) is 2.88. The number of methoxy groups -OCH3 is 1. The molecule has 1 N–H and O–H groups in total. The van der Waals surface area contributed by atoms with Crippen molar-refractivity contribution >= 4 is 5.78 Å². The van der Waals surface area contributed by atoms with E-state index in [1.54, 1.807) is 6.07 Å². The summed E-state index contributed by atoms with van der Waals surface area (Å²) in [7, 11) is 3.36. The summed E-state index contributed by atoms with van der Waals surface area (Å²) in [5.74, 6) is 0.222. The molecule has 0 amide bonds. The number of likely N-dealkylation sites (tertiary alicyclic amines) is 1. The molecule has 2 rings (SSSR count). The van der Waals surface area contributed by atoms with E-state index in [1.165, 1.54) is 25.7 Å². The van der Waals surface area contributed by atoms with Crippen molar-refractivity contribution in [2.24, 2.45) is 5.92 Å². The molecule has 116 valence electrons. The molecule has 1 aliphatic heterocycles. The van der Waals surface area contributed by atoms with E-state index >= 15 is 0 Å².